The van der Waals surface area contributed by atoms with E-state index in [1.807, 2.05) is 37.3 Å². The maximum absolute atomic E-state index is 13.0. The van der Waals surface area contributed by atoms with Crippen LogP contribution in [0, 0.1) is 0 Å². The van der Waals surface area contributed by atoms with Gasteiger partial charge in [0.1, 0.15) is 0 Å². The van der Waals surface area contributed by atoms with E-state index in [2.05, 4.69) is 6.92 Å². The van der Waals surface area contributed by atoms with Crippen LogP contribution in [0.25, 0.3) is 0 Å². The average molecular weight is 322 g/mol. The number of nitrogen functional groups attached to an aromatic ring is 1. The number of nitrogens with two attached hydrogens (primary N) is 1. The van der Waals surface area contributed by atoms with E-state index in [-0.39, 0.29) is 11.8 Å². The summed E-state index contributed by atoms with van der Waals surface area (Å²) in [7, 11) is 0. The first kappa shape index (κ1) is 16.2. The van der Waals surface area contributed by atoms with Gasteiger partial charge in [0.15, 0.2) is 0 Å². The molecule has 4 nitrogen and oxygen atoms in total. The lowest BCUT2D eigenvalue weighted by molar-refractivity contribution is 0.0433. The van der Waals surface area contributed by atoms with Crippen LogP contribution in [0.5, 0.6) is 0 Å². The van der Waals surface area contributed by atoms with Gasteiger partial charge in [-0.1, -0.05) is 49.7 Å². The monoisotopic (exact) mass is 322 g/mol. The quantitative estimate of drug-likeness (QED) is 0.675. The number of carbonyl (C=O) groups excluding carboxylic acids is 2. The van der Waals surface area contributed by atoms with E-state index in [1.54, 1.807) is 18.2 Å². The van der Waals surface area contributed by atoms with Crippen molar-refractivity contribution in [1.82, 2.24) is 4.90 Å². The summed E-state index contributed by atoms with van der Waals surface area (Å²) in [5.41, 5.74) is 7.62. The van der Waals surface area contributed by atoms with Crippen molar-refractivity contribution in [2.45, 2.75) is 38.6 Å². The van der Waals surface area contributed by atoms with Crippen LogP contribution in [0.4, 0.5) is 5.69 Å². The minimum atomic E-state index is -0.574. The minimum Gasteiger partial charge on any atom is -0.398 e. The fraction of sp³-hybridized carbons (Fsp3) is 0.300. The Morgan fingerprint density at radius 2 is 1.71 bits per heavy atom. The second kappa shape index (κ2) is 6.11. The molecule has 24 heavy (non-hydrogen) atoms. The Morgan fingerprint density at radius 3 is 2.33 bits per heavy atom. The molecule has 0 saturated heterocycles. The lowest BCUT2D eigenvalue weighted by atomic mass is 9.86. The van der Waals surface area contributed by atoms with E-state index >= 15 is 0 Å². The normalized spacial score (nSPS) is 16.2. The van der Waals surface area contributed by atoms with Crippen LogP contribution in [0.15, 0.2) is 48.5 Å². The zero-order valence-corrected chi connectivity index (χ0v) is 14.1. The standard InChI is InChI=1S/C20H22N2O2/c1-3-12-20(2,13-14-8-5-4-6-9-14)22-18(23)15-10-7-11-16(21)17(15)19(22)24/h4-11H,3,12-13,21H2,1-2H3. The van der Waals surface area contributed by atoms with Crippen molar-refractivity contribution in [3.63, 3.8) is 0 Å². The van der Waals surface area contributed by atoms with Crippen LogP contribution >= 0.6 is 0 Å². The fourth-order valence-corrected chi connectivity index (χ4v) is 3.66. The Kier molecular flexibility index (Phi) is 4.14. The summed E-state index contributed by atoms with van der Waals surface area (Å²) < 4.78 is 0. The molecule has 1 unspecified atom stereocenters. The number of rotatable bonds is 5. The van der Waals surface area contributed by atoms with E-state index in [4.69, 9.17) is 5.73 Å². The van der Waals surface area contributed by atoms with Gasteiger partial charge in [-0.05, 0) is 37.5 Å². The summed E-state index contributed by atoms with van der Waals surface area (Å²) in [6.45, 7) is 4.05. The summed E-state index contributed by atoms with van der Waals surface area (Å²) in [5.74, 6) is -0.519. The van der Waals surface area contributed by atoms with E-state index in [0.29, 0.717) is 23.2 Å². The number of nitrogens with zero attached hydrogens (tertiary/aromatic N) is 1. The smallest absolute Gasteiger partial charge is 0.264 e. The molecule has 3 rings (SSSR count). The van der Waals surface area contributed by atoms with Gasteiger partial charge in [0.05, 0.1) is 16.7 Å². The van der Waals surface area contributed by atoms with Crippen molar-refractivity contribution in [3.8, 4) is 0 Å². The van der Waals surface area contributed by atoms with Crippen molar-refractivity contribution in [2.24, 2.45) is 0 Å². The third kappa shape index (κ3) is 2.58. The highest BCUT2D eigenvalue weighted by atomic mass is 16.2. The number of hydrogen-bond acceptors (Lipinski definition) is 3. The predicted molar refractivity (Wildman–Crippen MR) is 94.8 cm³/mol. The van der Waals surface area contributed by atoms with Gasteiger partial charge in [-0.15, -0.1) is 0 Å². The number of hydrogen-bond donors (Lipinski definition) is 1. The third-order valence-electron chi connectivity index (χ3n) is 4.70. The average Bonchev–Trinajstić information content (AvgIpc) is 2.81. The van der Waals surface area contributed by atoms with Crippen LogP contribution in [0.3, 0.4) is 0 Å². The highest BCUT2D eigenvalue weighted by Gasteiger charge is 2.46. The van der Waals surface area contributed by atoms with Crippen LogP contribution in [0.2, 0.25) is 0 Å². The SMILES string of the molecule is CCCC(C)(Cc1ccccc1)N1C(=O)c2cccc(N)c2C1=O. The molecule has 1 atom stereocenters. The molecule has 0 radical (unpaired) electrons. The number of carbonyl (C=O) groups is 2. The highest BCUT2D eigenvalue weighted by molar-refractivity contribution is 6.24. The number of imide groups is 1. The number of benzene rings is 2. The van der Waals surface area contributed by atoms with Crippen molar-refractivity contribution >= 4 is 17.5 Å². The van der Waals surface area contributed by atoms with E-state index < -0.39 is 5.54 Å². The maximum atomic E-state index is 13.0. The van der Waals surface area contributed by atoms with Crippen molar-refractivity contribution in [1.29, 1.82) is 0 Å². The Balaban J connectivity index is 2.02. The Bertz CT molecular complexity index is 785. The zero-order chi connectivity index (χ0) is 17.3. The molecule has 0 spiro atoms. The summed E-state index contributed by atoms with van der Waals surface area (Å²) in [6, 6.07) is 15.0. The molecule has 4 heteroatoms. The molecule has 0 aliphatic carbocycles. The molecule has 1 aliphatic rings. The molecule has 1 aliphatic heterocycles. The van der Waals surface area contributed by atoms with Gasteiger partial charge in [0, 0.05) is 5.69 Å². The molecular weight excluding hydrogens is 300 g/mol. The Hall–Kier alpha value is -2.62. The van der Waals surface area contributed by atoms with Crippen LogP contribution in [0.1, 0.15) is 53.0 Å². The minimum absolute atomic E-state index is 0.241. The molecule has 0 saturated carbocycles. The van der Waals surface area contributed by atoms with Gasteiger partial charge in [-0.3, -0.25) is 14.5 Å². The number of fused-ring (bicyclic) bond motifs is 1. The van der Waals surface area contributed by atoms with Crippen molar-refractivity contribution in [3.05, 3.63) is 65.2 Å². The van der Waals surface area contributed by atoms with Gasteiger partial charge >= 0.3 is 0 Å². The van der Waals surface area contributed by atoms with Crippen LogP contribution in [-0.2, 0) is 6.42 Å². The van der Waals surface area contributed by atoms with Gasteiger partial charge in [-0.25, -0.2) is 0 Å². The van der Waals surface area contributed by atoms with Gasteiger partial charge < -0.3 is 5.73 Å². The zero-order valence-electron chi connectivity index (χ0n) is 14.1. The predicted octanol–water partition coefficient (Wildman–Crippen LogP) is 3.67. The molecule has 0 fully saturated rings. The van der Waals surface area contributed by atoms with Gasteiger partial charge in [0.2, 0.25) is 0 Å². The van der Waals surface area contributed by atoms with E-state index in [0.717, 1.165) is 18.4 Å². The second-order valence-electron chi connectivity index (χ2n) is 6.62. The second-order valence-corrected chi connectivity index (χ2v) is 6.62. The first-order valence-corrected chi connectivity index (χ1v) is 8.29. The lowest BCUT2D eigenvalue weighted by Crippen LogP contribution is -2.51. The topological polar surface area (TPSA) is 63.4 Å². The summed E-state index contributed by atoms with van der Waals surface area (Å²) in [6.07, 6.45) is 2.26. The molecule has 1 heterocycles. The third-order valence-corrected chi connectivity index (χ3v) is 4.70. The van der Waals surface area contributed by atoms with E-state index in [9.17, 15) is 9.59 Å². The fourth-order valence-electron chi connectivity index (χ4n) is 3.66. The summed E-state index contributed by atoms with van der Waals surface area (Å²) >= 11 is 0. The summed E-state index contributed by atoms with van der Waals surface area (Å²) in [5, 5.41) is 0. The van der Waals surface area contributed by atoms with E-state index in [1.165, 1.54) is 4.90 Å². The molecule has 124 valence electrons. The molecule has 2 aromatic carbocycles. The number of anilines is 1. The first-order chi connectivity index (χ1) is 11.5. The van der Waals surface area contributed by atoms with Crippen LogP contribution in [-0.4, -0.2) is 22.3 Å². The van der Waals surface area contributed by atoms with Crippen LogP contribution < -0.4 is 5.73 Å². The molecule has 2 aromatic rings. The highest BCUT2D eigenvalue weighted by Crippen LogP contribution is 2.36. The lowest BCUT2D eigenvalue weighted by Gasteiger charge is -2.37. The molecule has 0 aromatic heterocycles. The molecule has 0 bridgehead atoms. The maximum Gasteiger partial charge on any atom is 0.264 e. The summed E-state index contributed by atoms with van der Waals surface area (Å²) in [4.78, 5) is 27.3. The van der Waals surface area contributed by atoms with Gasteiger partial charge in [0.25, 0.3) is 11.8 Å². The van der Waals surface area contributed by atoms with Gasteiger partial charge in [-0.2, -0.15) is 0 Å². The molecule has 2 amide bonds. The Morgan fingerprint density at radius 1 is 1.00 bits per heavy atom. The van der Waals surface area contributed by atoms with Crippen molar-refractivity contribution < 1.29 is 9.59 Å². The van der Waals surface area contributed by atoms with Crippen molar-refractivity contribution in [2.75, 3.05) is 5.73 Å². The molecule has 2 N–H and O–H groups in total. The Labute approximate surface area is 142 Å². The molecular formula is C20H22N2O2. The largest absolute Gasteiger partial charge is 0.398 e. The number of amides is 2. The first-order valence-electron chi connectivity index (χ1n) is 8.29.